The number of amides is 1. The first-order valence-corrected chi connectivity index (χ1v) is 12.3. The number of para-hydroxylation sites is 1. The molecule has 0 spiro atoms. The summed E-state index contributed by atoms with van der Waals surface area (Å²) in [6, 6.07) is 18.6. The first-order chi connectivity index (χ1) is 16.2. The van der Waals surface area contributed by atoms with Gasteiger partial charge in [0.2, 0.25) is 0 Å². The van der Waals surface area contributed by atoms with Gasteiger partial charge in [-0.15, -0.1) is 37.2 Å². The maximum absolute atomic E-state index is 12.8. The highest BCUT2D eigenvalue weighted by Crippen LogP contribution is 2.39. The molecule has 190 valence electrons. The van der Waals surface area contributed by atoms with Crippen molar-refractivity contribution < 1.29 is 4.79 Å². The Morgan fingerprint density at radius 1 is 1.03 bits per heavy atom. The van der Waals surface area contributed by atoms with Gasteiger partial charge in [-0.1, -0.05) is 42.1 Å². The average Bonchev–Trinajstić information content (AvgIpc) is 3.28. The highest BCUT2D eigenvalue weighted by atomic mass is 35.5. The Kier molecular flexibility index (Phi) is 9.66. The molecule has 2 aromatic carbocycles. The van der Waals surface area contributed by atoms with Crippen molar-refractivity contribution in [3.63, 3.8) is 0 Å². The third-order valence-corrected chi connectivity index (χ3v) is 7.67. The van der Waals surface area contributed by atoms with Gasteiger partial charge in [0, 0.05) is 28.8 Å². The fourth-order valence-electron chi connectivity index (χ4n) is 4.74. The number of hydrogen-bond acceptors (Lipinski definition) is 5. The summed E-state index contributed by atoms with van der Waals surface area (Å²) in [5.74, 6) is 0.502. The molecule has 6 rings (SSSR count). The number of nitrogens with one attached hydrogen (secondary N) is 2. The molecule has 2 aromatic heterocycles. The summed E-state index contributed by atoms with van der Waals surface area (Å²) in [6.07, 6.45) is 4.07. The van der Waals surface area contributed by atoms with Gasteiger partial charge in [0.25, 0.3) is 5.91 Å². The highest BCUT2D eigenvalue weighted by Gasteiger charge is 2.24. The molecule has 2 aliphatic rings. The van der Waals surface area contributed by atoms with Gasteiger partial charge in [-0.2, -0.15) is 5.10 Å². The van der Waals surface area contributed by atoms with Crippen LogP contribution in [0.2, 0.25) is 0 Å². The second kappa shape index (κ2) is 12.3. The van der Waals surface area contributed by atoms with Gasteiger partial charge in [-0.05, 0) is 62.2 Å². The number of aromatic amines is 1. The van der Waals surface area contributed by atoms with E-state index in [1.54, 1.807) is 0 Å². The number of fused-ring (bicyclic) bond motifs is 1. The lowest BCUT2D eigenvalue weighted by molar-refractivity contribution is -0.117. The van der Waals surface area contributed by atoms with Gasteiger partial charge in [-0.3, -0.25) is 19.8 Å². The quantitative estimate of drug-likeness (QED) is 0.318. The van der Waals surface area contributed by atoms with Gasteiger partial charge in [0.1, 0.15) is 0 Å². The van der Waals surface area contributed by atoms with Crippen LogP contribution in [-0.4, -0.2) is 45.6 Å². The number of carbonyl (C=O) groups is 1. The summed E-state index contributed by atoms with van der Waals surface area (Å²) in [4.78, 5) is 21.9. The number of benzene rings is 2. The number of piperidine rings is 1. The molecule has 1 saturated heterocycles. The minimum absolute atomic E-state index is 0. The van der Waals surface area contributed by atoms with Crippen molar-refractivity contribution >= 4 is 82.8 Å². The van der Waals surface area contributed by atoms with E-state index in [1.165, 1.54) is 17.1 Å². The molecule has 4 aromatic rings. The topological polar surface area (TPSA) is 73.9 Å². The Bertz CT molecular complexity index is 1380. The van der Waals surface area contributed by atoms with Gasteiger partial charge < -0.3 is 5.32 Å². The van der Waals surface area contributed by atoms with E-state index in [4.69, 9.17) is 4.98 Å². The molecule has 36 heavy (non-hydrogen) atoms. The van der Waals surface area contributed by atoms with E-state index in [-0.39, 0.29) is 43.1 Å². The lowest BCUT2D eigenvalue weighted by atomic mass is 9.96. The Labute approximate surface area is 232 Å². The molecule has 2 aliphatic heterocycles. The number of hydrogen-bond donors (Lipinski definition) is 2. The number of nitrogens with zero attached hydrogens (tertiary/aromatic N) is 3. The van der Waals surface area contributed by atoms with Crippen LogP contribution >= 0.6 is 49.0 Å². The number of aromatic nitrogens is 3. The normalized spacial score (nSPS) is 15.4. The Morgan fingerprint density at radius 2 is 1.83 bits per heavy atom. The summed E-state index contributed by atoms with van der Waals surface area (Å²) in [5.41, 5.74) is 4.03. The van der Waals surface area contributed by atoms with Crippen molar-refractivity contribution in [3.8, 4) is 0 Å². The van der Waals surface area contributed by atoms with Crippen molar-refractivity contribution in [1.29, 1.82) is 0 Å². The van der Waals surface area contributed by atoms with Crippen LogP contribution in [0.3, 0.4) is 0 Å². The third-order valence-electron chi connectivity index (χ3n) is 6.59. The highest BCUT2D eigenvalue weighted by molar-refractivity contribution is 8.04. The maximum atomic E-state index is 12.8. The van der Waals surface area contributed by atoms with Crippen LogP contribution in [0.15, 0.2) is 64.4 Å². The number of pyridine rings is 1. The number of halogens is 3. The Hall–Kier alpha value is -2.29. The Morgan fingerprint density at radius 3 is 2.67 bits per heavy atom. The van der Waals surface area contributed by atoms with Gasteiger partial charge in [0.15, 0.2) is 0 Å². The zero-order chi connectivity index (χ0) is 22.2. The summed E-state index contributed by atoms with van der Waals surface area (Å²) < 4.78 is 0. The van der Waals surface area contributed by atoms with Gasteiger partial charge in [-0.25, -0.2) is 0 Å². The smallest absolute Gasteiger partial charge is 0.258 e. The van der Waals surface area contributed by atoms with Crippen LogP contribution in [0.1, 0.15) is 24.2 Å². The van der Waals surface area contributed by atoms with E-state index < -0.39 is 0 Å². The molecule has 6 nitrogen and oxygen atoms in total. The zero-order valence-corrected chi connectivity index (χ0v) is 22.7. The number of thioether (sulfide) groups is 1. The summed E-state index contributed by atoms with van der Waals surface area (Å²) in [7, 11) is 0. The lowest BCUT2D eigenvalue weighted by Gasteiger charge is -2.31. The summed E-state index contributed by atoms with van der Waals surface area (Å²) in [5, 5.41) is 12.9. The van der Waals surface area contributed by atoms with Crippen LogP contribution in [0.5, 0.6) is 0 Å². The second-order valence-corrected chi connectivity index (χ2v) is 9.91. The predicted molar refractivity (Wildman–Crippen MR) is 154 cm³/mol. The second-order valence-electron chi connectivity index (χ2n) is 8.82. The fourth-order valence-corrected chi connectivity index (χ4v) is 5.77. The minimum Gasteiger partial charge on any atom is -0.351 e. The Balaban J connectivity index is 0.00000120. The maximum Gasteiger partial charge on any atom is 0.258 e. The van der Waals surface area contributed by atoms with Crippen LogP contribution in [0, 0.1) is 5.92 Å². The zero-order valence-electron chi connectivity index (χ0n) is 19.5. The molecule has 0 bridgehead atoms. The first kappa shape index (κ1) is 28.3. The standard InChI is InChI=1S/C26H25N5OS.3ClH/c32-26(24-14-22-25-21(29-30-22)6-3-7-23(25)33-24)27-15-17-10-12-31(13-11-17)16-19-9-8-18-4-1-2-5-20(18)28-19;;;/h1-9,14,17H,10-13,15-16H2,(H,27,32)(H,29,30);3*1H. The van der Waals surface area contributed by atoms with Crippen molar-refractivity contribution in [1.82, 2.24) is 25.4 Å². The van der Waals surface area contributed by atoms with Gasteiger partial charge in [0.05, 0.1) is 27.3 Å². The molecule has 0 aliphatic carbocycles. The fraction of sp³-hybridized carbons (Fsp3) is 0.269. The molecule has 1 amide bonds. The van der Waals surface area contributed by atoms with E-state index in [2.05, 4.69) is 44.7 Å². The number of likely N-dealkylation sites (tertiary alicyclic amines) is 1. The van der Waals surface area contributed by atoms with Crippen LogP contribution in [-0.2, 0) is 11.3 Å². The van der Waals surface area contributed by atoms with Crippen molar-refractivity contribution in [2.24, 2.45) is 5.92 Å². The number of rotatable bonds is 5. The molecule has 10 heteroatoms. The largest absolute Gasteiger partial charge is 0.351 e. The molecule has 4 heterocycles. The molecule has 0 radical (unpaired) electrons. The van der Waals surface area contributed by atoms with Crippen LogP contribution < -0.4 is 5.32 Å². The van der Waals surface area contributed by atoms with E-state index in [0.717, 1.165) is 71.7 Å². The monoisotopic (exact) mass is 563 g/mol. The molecule has 0 saturated carbocycles. The molecule has 0 unspecified atom stereocenters. The summed E-state index contributed by atoms with van der Waals surface area (Å²) >= 11 is 1.53. The lowest BCUT2D eigenvalue weighted by Crippen LogP contribution is -2.38. The van der Waals surface area contributed by atoms with E-state index >= 15 is 0 Å². The molecule has 1 fully saturated rings. The van der Waals surface area contributed by atoms with Crippen molar-refractivity contribution in [3.05, 3.63) is 70.9 Å². The van der Waals surface area contributed by atoms with Crippen LogP contribution in [0.25, 0.3) is 27.9 Å². The molecular weight excluding hydrogens is 537 g/mol. The molecule has 0 atom stereocenters. The molecule has 2 N–H and O–H groups in total. The average molecular weight is 565 g/mol. The molecular formula is C26H28Cl3N5OS. The third kappa shape index (κ3) is 5.82. The number of H-pyrrole nitrogens is 1. The van der Waals surface area contributed by atoms with Crippen molar-refractivity contribution in [2.75, 3.05) is 19.6 Å². The van der Waals surface area contributed by atoms with Gasteiger partial charge >= 0.3 is 0 Å². The van der Waals surface area contributed by atoms with Crippen LogP contribution in [0.4, 0.5) is 0 Å². The van der Waals surface area contributed by atoms with E-state index in [9.17, 15) is 4.79 Å². The summed E-state index contributed by atoms with van der Waals surface area (Å²) in [6.45, 7) is 3.66. The van der Waals surface area contributed by atoms with E-state index in [1.807, 2.05) is 36.4 Å². The predicted octanol–water partition coefficient (Wildman–Crippen LogP) is 5.85. The van der Waals surface area contributed by atoms with E-state index in [0.29, 0.717) is 10.8 Å². The SMILES string of the molecule is Cl.Cl.Cl.O=C(NCC1CCN(Cc2ccc3ccccc3n2)CC1)C1=Cc2n[nH]c3cccc(c23)S1. The van der Waals surface area contributed by atoms with Crippen molar-refractivity contribution in [2.45, 2.75) is 24.3 Å². The minimum atomic E-state index is -0.00607. The first-order valence-electron chi connectivity index (χ1n) is 11.4. The number of carbonyl (C=O) groups excluding carboxylic acids is 1.